The van der Waals surface area contributed by atoms with Crippen LogP contribution in [0.5, 0.6) is 0 Å². The lowest BCUT2D eigenvalue weighted by Crippen LogP contribution is -2.60. The van der Waals surface area contributed by atoms with Gasteiger partial charge in [0, 0.05) is 23.9 Å². The zero-order valence-electron chi connectivity index (χ0n) is 11.7. The lowest BCUT2D eigenvalue weighted by atomic mass is 9.78. The Bertz CT molecular complexity index is 263. The molecule has 1 atom stereocenters. The maximum atomic E-state index is 6.20. The Balaban J connectivity index is 2.15. The maximum Gasteiger partial charge on any atom is 0.0430 e. The van der Waals surface area contributed by atoms with E-state index >= 15 is 0 Å². The Kier molecular flexibility index (Phi) is 4.11. The highest BCUT2D eigenvalue weighted by Crippen LogP contribution is 2.45. The summed E-state index contributed by atoms with van der Waals surface area (Å²) < 4.78 is 0. The van der Waals surface area contributed by atoms with Crippen LogP contribution in [0.4, 0.5) is 0 Å². The predicted molar refractivity (Wildman–Crippen MR) is 77.5 cm³/mol. The van der Waals surface area contributed by atoms with Gasteiger partial charge in [0.25, 0.3) is 0 Å². The summed E-state index contributed by atoms with van der Waals surface area (Å²) in [5, 5.41) is 0. The van der Waals surface area contributed by atoms with Crippen LogP contribution in [-0.2, 0) is 0 Å². The van der Waals surface area contributed by atoms with Crippen LogP contribution >= 0.6 is 11.8 Å². The molecule has 2 N–H and O–H groups in total. The molecule has 1 saturated carbocycles. The third-order valence-electron chi connectivity index (χ3n) is 4.11. The van der Waals surface area contributed by atoms with Crippen molar-refractivity contribution in [1.29, 1.82) is 0 Å². The first-order chi connectivity index (χ1) is 8.03. The second kappa shape index (κ2) is 5.10. The molecule has 1 saturated heterocycles. The van der Waals surface area contributed by atoms with E-state index in [-0.39, 0.29) is 5.54 Å². The summed E-state index contributed by atoms with van der Waals surface area (Å²) in [6, 6.07) is 0.841. The number of thioether (sulfide) groups is 1. The molecule has 2 aliphatic rings. The first kappa shape index (κ1) is 13.7. The molecule has 2 fully saturated rings. The van der Waals surface area contributed by atoms with Gasteiger partial charge in [-0.25, -0.2) is 0 Å². The highest BCUT2D eigenvalue weighted by atomic mass is 32.2. The monoisotopic (exact) mass is 256 g/mol. The molecular formula is C14H28N2S. The molecular weight excluding hydrogens is 228 g/mol. The summed E-state index contributed by atoms with van der Waals surface area (Å²) in [5.41, 5.74) is 6.93. The van der Waals surface area contributed by atoms with Crippen molar-refractivity contribution < 1.29 is 0 Å². The lowest BCUT2D eigenvalue weighted by Gasteiger charge is -2.51. The molecule has 0 radical (unpaired) electrons. The Morgan fingerprint density at radius 3 is 2.47 bits per heavy atom. The second-order valence-corrected chi connectivity index (χ2v) is 7.67. The van der Waals surface area contributed by atoms with Gasteiger partial charge in [-0.1, -0.05) is 20.8 Å². The Morgan fingerprint density at radius 1 is 1.29 bits per heavy atom. The Morgan fingerprint density at radius 2 is 2.00 bits per heavy atom. The minimum atomic E-state index is 0.281. The largest absolute Gasteiger partial charge is 0.329 e. The molecule has 0 bridgehead atoms. The zero-order chi connectivity index (χ0) is 12.5. The van der Waals surface area contributed by atoms with Crippen LogP contribution in [0.3, 0.4) is 0 Å². The van der Waals surface area contributed by atoms with Crippen molar-refractivity contribution in [3.8, 4) is 0 Å². The molecule has 100 valence electrons. The van der Waals surface area contributed by atoms with Crippen molar-refractivity contribution in [3.63, 3.8) is 0 Å². The summed E-state index contributed by atoms with van der Waals surface area (Å²) in [5.74, 6) is 2.53. The van der Waals surface area contributed by atoms with Crippen LogP contribution in [0.15, 0.2) is 0 Å². The van der Waals surface area contributed by atoms with Crippen LogP contribution in [0.2, 0.25) is 0 Å². The molecule has 0 aromatic heterocycles. The van der Waals surface area contributed by atoms with Gasteiger partial charge < -0.3 is 5.73 Å². The van der Waals surface area contributed by atoms with Crippen molar-refractivity contribution in [2.45, 2.75) is 58.0 Å². The maximum absolute atomic E-state index is 6.20. The summed E-state index contributed by atoms with van der Waals surface area (Å²) in [7, 11) is 0. The first-order valence-electron chi connectivity index (χ1n) is 7.08. The lowest BCUT2D eigenvalue weighted by molar-refractivity contribution is 0.0608. The van der Waals surface area contributed by atoms with Gasteiger partial charge in [0.1, 0.15) is 0 Å². The zero-order valence-corrected chi connectivity index (χ0v) is 12.5. The van der Waals surface area contributed by atoms with Crippen LogP contribution in [0, 0.1) is 5.41 Å². The van der Waals surface area contributed by atoms with E-state index in [0.717, 1.165) is 12.6 Å². The highest BCUT2D eigenvalue weighted by Gasteiger charge is 2.47. The fraction of sp³-hybridized carbons (Fsp3) is 1.00. The van der Waals surface area contributed by atoms with E-state index in [1.807, 2.05) is 0 Å². The minimum Gasteiger partial charge on any atom is -0.329 e. The van der Waals surface area contributed by atoms with Gasteiger partial charge in [-0.3, -0.25) is 4.90 Å². The van der Waals surface area contributed by atoms with Crippen molar-refractivity contribution in [1.82, 2.24) is 4.90 Å². The third-order valence-corrected chi connectivity index (χ3v) is 5.84. The SMILES string of the molecule is CCCN(C1CC1)C1(CN)CSCC(C)(C)C1. The molecule has 3 heteroatoms. The molecule has 0 amide bonds. The summed E-state index contributed by atoms with van der Waals surface area (Å²) in [6.45, 7) is 9.17. The Hall–Kier alpha value is 0.270. The molecule has 0 spiro atoms. The summed E-state index contributed by atoms with van der Waals surface area (Å²) in [4.78, 5) is 2.76. The topological polar surface area (TPSA) is 29.3 Å². The van der Waals surface area contributed by atoms with Crippen molar-refractivity contribution >= 4 is 11.8 Å². The molecule has 1 heterocycles. The standard InChI is InChI=1S/C14H28N2S/c1-4-7-16(12-5-6-12)14(9-15)8-13(2,3)10-17-11-14/h12H,4-11,15H2,1-3H3. The van der Waals surface area contributed by atoms with E-state index < -0.39 is 0 Å². The van der Waals surface area contributed by atoms with Crippen LogP contribution in [0.1, 0.15) is 46.5 Å². The van der Waals surface area contributed by atoms with Gasteiger partial charge in [-0.2, -0.15) is 11.8 Å². The quantitative estimate of drug-likeness (QED) is 0.820. The Labute approximate surface area is 111 Å². The number of hydrogen-bond acceptors (Lipinski definition) is 3. The minimum absolute atomic E-state index is 0.281. The second-order valence-electron chi connectivity index (χ2n) is 6.69. The van der Waals surface area contributed by atoms with E-state index in [2.05, 4.69) is 37.4 Å². The van der Waals surface area contributed by atoms with E-state index in [1.165, 1.54) is 43.7 Å². The number of hydrogen-bond donors (Lipinski definition) is 1. The van der Waals surface area contributed by atoms with Gasteiger partial charge in [0.2, 0.25) is 0 Å². The highest BCUT2D eigenvalue weighted by molar-refractivity contribution is 7.99. The predicted octanol–water partition coefficient (Wildman–Crippen LogP) is 2.72. The first-order valence-corrected chi connectivity index (χ1v) is 8.23. The van der Waals surface area contributed by atoms with Gasteiger partial charge >= 0.3 is 0 Å². The van der Waals surface area contributed by atoms with Gasteiger partial charge in [0.15, 0.2) is 0 Å². The van der Waals surface area contributed by atoms with E-state index in [4.69, 9.17) is 5.73 Å². The fourth-order valence-corrected chi connectivity index (χ4v) is 4.90. The fourth-order valence-electron chi connectivity index (χ4n) is 3.38. The van der Waals surface area contributed by atoms with Gasteiger partial charge in [-0.05, 0) is 43.4 Å². The summed E-state index contributed by atoms with van der Waals surface area (Å²) in [6.07, 6.45) is 5.32. The van der Waals surface area contributed by atoms with E-state index in [1.54, 1.807) is 0 Å². The number of nitrogens with two attached hydrogens (primary N) is 1. The van der Waals surface area contributed by atoms with Gasteiger partial charge in [-0.15, -0.1) is 0 Å². The normalized spacial score (nSPS) is 33.0. The van der Waals surface area contributed by atoms with E-state index in [9.17, 15) is 0 Å². The summed E-state index contributed by atoms with van der Waals surface area (Å²) >= 11 is 2.11. The van der Waals surface area contributed by atoms with Crippen molar-refractivity contribution in [2.24, 2.45) is 11.1 Å². The van der Waals surface area contributed by atoms with Crippen molar-refractivity contribution in [3.05, 3.63) is 0 Å². The average molecular weight is 256 g/mol. The molecule has 0 aromatic carbocycles. The van der Waals surface area contributed by atoms with Crippen LogP contribution < -0.4 is 5.73 Å². The molecule has 1 unspecified atom stereocenters. The smallest absolute Gasteiger partial charge is 0.0430 e. The van der Waals surface area contributed by atoms with Crippen LogP contribution in [0.25, 0.3) is 0 Å². The molecule has 1 aliphatic carbocycles. The van der Waals surface area contributed by atoms with Crippen LogP contribution in [-0.4, -0.2) is 41.1 Å². The van der Waals surface area contributed by atoms with Crippen molar-refractivity contribution in [2.75, 3.05) is 24.6 Å². The van der Waals surface area contributed by atoms with Gasteiger partial charge in [0.05, 0.1) is 0 Å². The number of rotatable bonds is 5. The average Bonchev–Trinajstić information content (AvgIpc) is 3.08. The van der Waals surface area contributed by atoms with E-state index in [0.29, 0.717) is 5.41 Å². The number of nitrogens with zero attached hydrogens (tertiary/aromatic N) is 1. The molecule has 2 nitrogen and oxygen atoms in total. The third kappa shape index (κ3) is 2.99. The molecule has 2 rings (SSSR count). The molecule has 1 aliphatic heterocycles. The molecule has 17 heavy (non-hydrogen) atoms. The molecule has 0 aromatic rings.